The van der Waals surface area contributed by atoms with Crippen LogP contribution in [0.1, 0.15) is 19.8 Å². The topological polar surface area (TPSA) is 49.4 Å². The molecular formula is C10H22N2O2S. The Morgan fingerprint density at radius 2 is 1.87 bits per heavy atom. The molecule has 1 fully saturated rings. The molecule has 0 aromatic rings. The molecule has 4 nitrogen and oxygen atoms in total. The van der Waals surface area contributed by atoms with Crippen LogP contribution in [-0.2, 0) is 9.84 Å². The van der Waals surface area contributed by atoms with Crippen LogP contribution in [0.4, 0.5) is 0 Å². The van der Waals surface area contributed by atoms with Crippen molar-refractivity contribution in [3.63, 3.8) is 0 Å². The van der Waals surface area contributed by atoms with E-state index in [1.165, 1.54) is 12.8 Å². The minimum atomic E-state index is -2.72. The van der Waals surface area contributed by atoms with E-state index in [9.17, 15) is 8.42 Å². The number of rotatable bonds is 6. The largest absolute Gasteiger partial charge is 0.315 e. The lowest BCUT2D eigenvalue weighted by atomic mass is 10.3. The summed E-state index contributed by atoms with van der Waals surface area (Å²) in [6.45, 7) is 6.61. The average Bonchev–Trinajstić information content (AvgIpc) is 2.20. The summed E-state index contributed by atoms with van der Waals surface area (Å²) in [7, 11) is -2.72. The molecule has 0 spiro atoms. The Hall–Kier alpha value is -0.130. The van der Waals surface area contributed by atoms with Gasteiger partial charge in [0.2, 0.25) is 0 Å². The first-order valence-electron chi connectivity index (χ1n) is 5.77. The van der Waals surface area contributed by atoms with Crippen LogP contribution in [0.2, 0.25) is 0 Å². The number of nitrogens with one attached hydrogen (secondary N) is 1. The first kappa shape index (κ1) is 12.9. The Balaban J connectivity index is 2.04. The number of hydrogen-bond donors (Lipinski definition) is 1. The number of unbranched alkanes of at least 4 members (excludes halogenated alkanes) is 1. The molecule has 0 atom stereocenters. The third-order valence-electron chi connectivity index (χ3n) is 2.75. The van der Waals surface area contributed by atoms with Crippen LogP contribution in [0, 0.1) is 0 Å². The lowest BCUT2D eigenvalue weighted by Crippen LogP contribution is -2.43. The van der Waals surface area contributed by atoms with E-state index in [1.807, 2.05) is 0 Å². The molecule has 0 unspecified atom stereocenters. The van der Waals surface area contributed by atoms with Gasteiger partial charge in [-0.05, 0) is 13.0 Å². The Labute approximate surface area is 93.0 Å². The Morgan fingerprint density at radius 1 is 1.20 bits per heavy atom. The van der Waals surface area contributed by atoms with Gasteiger partial charge in [0.25, 0.3) is 0 Å². The minimum absolute atomic E-state index is 0.335. The number of nitrogens with zero attached hydrogens (tertiary/aromatic N) is 1. The van der Waals surface area contributed by atoms with Crippen LogP contribution in [0.25, 0.3) is 0 Å². The highest BCUT2D eigenvalue weighted by molar-refractivity contribution is 7.91. The standard InChI is InChI=1S/C10H22N2O2S/c1-2-3-4-11-5-6-12-7-9-15(13,14)10-8-12/h11H,2-10H2,1H3. The van der Waals surface area contributed by atoms with Crippen LogP contribution in [0.15, 0.2) is 0 Å². The molecule has 0 aromatic carbocycles. The van der Waals surface area contributed by atoms with Crippen molar-refractivity contribution < 1.29 is 8.42 Å². The van der Waals surface area contributed by atoms with E-state index >= 15 is 0 Å². The summed E-state index contributed by atoms with van der Waals surface area (Å²) >= 11 is 0. The summed E-state index contributed by atoms with van der Waals surface area (Å²) in [5, 5.41) is 3.36. The summed E-state index contributed by atoms with van der Waals surface area (Å²) in [4.78, 5) is 2.22. The Kier molecular flexibility index (Phi) is 5.56. The molecule has 90 valence electrons. The van der Waals surface area contributed by atoms with E-state index < -0.39 is 9.84 Å². The maximum atomic E-state index is 11.2. The first-order chi connectivity index (χ1) is 7.14. The second-order valence-electron chi connectivity index (χ2n) is 4.10. The molecule has 5 heteroatoms. The predicted molar refractivity (Wildman–Crippen MR) is 62.9 cm³/mol. The molecule has 1 heterocycles. The number of hydrogen-bond acceptors (Lipinski definition) is 4. The molecule has 0 aliphatic carbocycles. The fourth-order valence-electron chi connectivity index (χ4n) is 1.64. The van der Waals surface area contributed by atoms with Crippen molar-refractivity contribution in [2.24, 2.45) is 0 Å². The smallest absolute Gasteiger partial charge is 0.152 e. The Morgan fingerprint density at radius 3 is 2.47 bits per heavy atom. The quantitative estimate of drug-likeness (QED) is 0.663. The third kappa shape index (κ3) is 5.49. The van der Waals surface area contributed by atoms with Gasteiger partial charge in [-0.25, -0.2) is 8.42 Å². The predicted octanol–water partition coefficient (Wildman–Crippen LogP) is 0.107. The van der Waals surface area contributed by atoms with Gasteiger partial charge in [-0.15, -0.1) is 0 Å². The molecule has 0 amide bonds. The van der Waals surface area contributed by atoms with Crippen molar-refractivity contribution in [2.45, 2.75) is 19.8 Å². The first-order valence-corrected chi connectivity index (χ1v) is 7.59. The van der Waals surface area contributed by atoms with Gasteiger partial charge in [0, 0.05) is 26.2 Å². The molecule has 0 radical (unpaired) electrons. The normalized spacial score (nSPS) is 21.7. The highest BCUT2D eigenvalue weighted by Gasteiger charge is 2.20. The maximum absolute atomic E-state index is 11.2. The molecule has 1 aliphatic heterocycles. The summed E-state index contributed by atoms with van der Waals surface area (Å²) in [5.41, 5.74) is 0. The molecule has 1 saturated heterocycles. The highest BCUT2D eigenvalue weighted by Crippen LogP contribution is 2.02. The summed E-state index contributed by atoms with van der Waals surface area (Å²) in [5.74, 6) is 0.671. The fraction of sp³-hybridized carbons (Fsp3) is 1.00. The van der Waals surface area contributed by atoms with Gasteiger partial charge in [0.05, 0.1) is 11.5 Å². The van der Waals surface area contributed by atoms with Gasteiger partial charge < -0.3 is 10.2 Å². The van der Waals surface area contributed by atoms with E-state index in [2.05, 4.69) is 17.1 Å². The van der Waals surface area contributed by atoms with E-state index in [1.54, 1.807) is 0 Å². The van der Waals surface area contributed by atoms with Crippen LogP contribution in [-0.4, -0.2) is 57.5 Å². The third-order valence-corrected chi connectivity index (χ3v) is 4.36. The summed E-state index contributed by atoms with van der Waals surface area (Å²) in [6.07, 6.45) is 2.43. The molecule has 1 N–H and O–H groups in total. The van der Waals surface area contributed by atoms with Gasteiger partial charge in [0.1, 0.15) is 0 Å². The minimum Gasteiger partial charge on any atom is -0.315 e. The summed E-state index contributed by atoms with van der Waals surface area (Å²) < 4.78 is 22.3. The van der Waals surface area contributed by atoms with E-state index in [0.29, 0.717) is 24.6 Å². The molecule has 1 aliphatic rings. The van der Waals surface area contributed by atoms with Crippen molar-refractivity contribution in [1.29, 1.82) is 0 Å². The van der Waals surface area contributed by atoms with Crippen molar-refractivity contribution >= 4 is 9.84 Å². The van der Waals surface area contributed by atoms with Crippen molar-refractivity contribution in [3.05, 3.63) is 0 Å². The zero-order chi connectivity index (χ0) is 11.1. The maximum Gasteiger partial charge on any atom is 0.152 e. The molecular weight excluding hydrogens is 212 g/mol. The molecule has 0 saturated carbocycles. The highest BCUT2D eigenvalue weighted by atomic mass is 32.2. The molecule has 1 rings (SSSR count). The van der Waals surface area contributed by atoms with E-state index in [0.717, 1.165) is 19.6 Å². The van der Waals surface area contributed by atoms with Crippen LogP contribution in [0.5, 0.6) is 0 Å². The fourth-order valence-corrected chi connectivity index (χ4v) is 2.91. The molecule has 0 aromatic heterocycles. The van der Waals surface area contributed by atoms with E-state index in [4.69, 9.17) is 0 Å². The SMILES string of the molecule is CCCCNCCN1CCS(=O)(=O)CC1. The van der Waals surface area contributed by atoms with Crippen LogP contribution >= 0.6 is 0 Å². The van der Waals surface area contributed by atoms with Gasteiger partial charge in [-0.3, -0.25) is 0 Å². The monoisotopic (exact) mass is 234 g/mol. The van der Waals surface area contributed by atoms with Crippen molar-refractivity contribution in [2.75, 3.05) is 44.2 Å². The zero-order valence-corrected chi connectivity index (χ0v) is 10.4. The van der Waals surface area contributed by atoms with Crippen molar-refractivity contribution in [1.82, 2.24) is 10.2 Å². The molecule has 0 bridgehead atoms. The lowest BCUT2D eigenvalue weighted by molar-refractivity contribution is 0.294. The van der Waals surface area contributed by atoms with Crippen LogP contribution < -0.4 is 5.32 Å². The Bertz CT molecular complexity index is 251. The van der Waals surface area contributed by atoms with Gasteiger partial charge in [-0.1, -0.05) is 13.3 Å². The van der Waals surface area contributed by atoms with E-state index in [-0.39, 0.29) is 0 Å². The van der Waals surface area contributed by atoms with Crippen LogP contribution in [0.3, 0.4) is 0 Å². The zero-order valence-electron chi connectivity index (χ0n) is 9.54. The van der Waals surface area contributed by atoms with Crippen molar-refractivity contribution in [3.8, 4) is 0 Å². The summed E-state index contributed by atoms with van der Waals surface area (Å²) in [6, 6.07) is 0. The molecule has 15 heavy (non-hydrogen) atoms. The lowest BCUT2D eigenvalue weighted by Gasteiger charge is -2.26. The average molecular weight is 234 g/mol. The second-order valence-corrected chi connectivity index (χ2v) is 6.40. The van der Waals surface area contributed by atoms with Gasteiger partial charge in [0.15, 0.2) is 9.84 Å². The second kappa shape index (κ2) is 6.45. The van der Waals surface area contributed by atoms with Gasteiger partial charge in [-0.2, -0.15) is 0 Å². The number of sulfone groups is 1. The van der Waals surface area contributed by atoms with Gasteiger partial charge >= 0.3 is 0 Å².